The molecule has 188 valence electrons. The van der Waals surface area contributed by atoms with Crippen LogP contribution in [0, 0.1) is 0 Å². The molecular weight excluding hydrogens is 458 g/mol. The van der Waals surface area contributed by atoms with Gasteiger partial charge in [-0.2, -0.15) is 5.10 Å². The minimum absolute atomic E-state index is 0.157. The number of carbonyl (C=O) groups excluding carboxylic acids is 2. The Hall–Kier alpha value is -4.33. The van der Waals surface area contributed by atoms with Gasteiger partial charge in [0.1, 0.15) is 18.4 Å². The normalized spacial score (nSPS) is 11.5. The third kappa shape index (κ3) is 8.16. The van der Waals surface area contributed by atoms with Gasteiger partial charge in [0, 0.05) is 0 Å². The Morgan fingerprint density at radius 3 is 2.39 bits per heavy atom. The molecule has 0 aliphatic heterocycles. The summed E-state index contributed by atoms with van der Waals surface area (Å²) in [5.41, 5.74) is 5.05. The van der Waals surface area contributed by atoms with E-state index in [4.69, 9.17) is 14.2 Å². The van der Waals surface area contributed by atoms with Crippen LogP contribution in [0.25, 0.3) is 0 Å². The van der Waals surface area contributed by atoms with Crippen molar-refractivity contribution in [2.24, 2.45) is 5.10 Å². The van der Waals surface area contributed by atoms with Crippen LogP contribution in [0.15, 0.2) is 77.9 Å². The quantitative estimate of drug-likeness (QED) is 0.297. The highest BCUT2D eigenvalue weighted by atomic mass is 16.5. The fraction of sp³-hybridized carbons (Fsp3) is 0.250. The summed E-state index contributed by atoms with van der Waals surface area (Å²) in [6, 6.07) is 21.7. The van der Waals surface area contributed by atoms with Crippen LogP contribution in [0.4, 0.5) is 0 Å². The molecule has 0 bridgehead atoms. The summed E-state index contributed by atoms with van der Waals surface area (Å²) >= 11 is 0. The second-order valence-electron chi connectivity index (χ2n) is 7.96. The molecule has 0 heterocycles. The van der Waals surface area contributed by atoms with Crippen molar-refractivity contribution in [3.8, 4) is 17.2 Å². The summed E-state index contributed by atoms with van der Waals surface area (Å²) in [4.78, 5) is 24.6. The summed E-state index contributed by atoms with van der Waals surface area (Å²) in [6.45, 7) is 4.40. The predicted octanol–water partition coefficient (Wildman–Crippen LogP) is 3.87. The average molecular weight is 490 g/mol. The molecule has 0 saturated heterocycles. The molecule has 0 saturated carbocycles. The lowest BCUT2D eigenvalue weighted by Crippen LogP contribution is -2.43. The van der Waals surface area contributed by atoms with Crippen LogP contribution in [0.5, 0.6) is 17.2 Å². The van der Waals surface area contributed by atoms with Gasteiger partial charge in [-0.05, 0) is 60.9 Å². The molecule has 3 aromatic rings. The zero-order chi connectivity index (χ0) is 25.8. The van der Waals surface area contributed by atoms with Crippen molar-refractivity contribution in [3.05, 3.63) is 89.5 Å². The molecular formula is C28H31N3O5. The standard InChI is InChI=1S/C28H31N3O5/c1-4-35-26-16-23(12-15-25(26)36-19-22-8-6-5-7-9-22)18-29-31-28(33)20(2)30-27(32)17-21-10-13-24(34-3)14-11-21/h5-16,18,20H,4,17,19H2,1-3H3,(H,30,32)(H,31,33). The number of ether oxygens (including phenoxy) is 3. The number of hydrogen-bond acceptors (Lipinski definition) is 6. The van der Waals surface area contributed by atoms with E-state index in [0.29, 0.717) is 30.5 Å². The van der Waals surface area contributed by atoms with Crippen molar-refractivity contribution in [1.82, 2.24) is 10.7 Å². The van der Waals surface area contributed by atoms with Gasteiger partial charge in [0.15, 0.2) is 11.5 Å². The number of benzene rings is 3. The topological polar surface area (TPSA) is 98.2 Å². The second kappa shape index (κ2) is 13.5. The monoisotopic (exact) mass is 489 g/mol. The van der Waals surface area contributed by atoms with E-state index < -0.39 is 11.9 Å². The third-order valence-electron chi connectivity index (χ3n) is 5.19. The van der Waals surface area contributed by atoms with Gasteiger partial charge in [-0.25, -0.2) is 5.43 Å². The molecule has 8 nitrogen and oxygen atoms in total. The van der Waals surface area contributed by atoms with E-state index in [9.17, 15) is 9.59 Å². The Morgan fingerprint density at radius 2 is 1.69 bits per heavy atom. The molecule has 2 N–H and O–H groups in total. The van der Waals surface area contributed by atoms with E-state index in [1.165, 1.54) is 6.21 Å². The van der Waals surface area contributed by atoms with Crippen LogP contribution in [0.3, 0.4) is 0 Å². The molecule has 36 heavy (non-hydrogen) atoms. The SMILES string of the molecule is CCOc1cc(C=NNC(=O)C(C)NC(=O)Cc2ccc(OC)cc2)ccc1OCc1ccccc1. The fourth-order valence-corrected chi connectivity index (χ4v) is 3.28. The fourth-order valence-electron chi connectivity index (χ4n) is 3.28. The molecule has 3 aromatic carbocycles. The molecule has 1 atom stereocenters. The van der Waals surface area contributed by atoms with Crippen molar-refractivity contribution in [1.29, 1.82) is 0 Å². The van der Waals surface area contributed by atoms with E-state index in [1.807, 2.05) is 55.5 Å². The van der Waals surface area contributed by atoms with Crippen molar-refractivity contribution < 1.29 is 23.8 Å². The summed E-state index contributed by atoms with van der Waals surface area (Å²) in [5.74, 6) is 1.23. The molecule has 1 unspecified atom stereocenters. The number of nitrogens with zero attached hydrogens (tertiary/aromatic N) is 1. The summed E-state index contributed by atoms with van der Waals surface area (Å²) < 4.78 is 16.7. The number of carbonyl (C=O) groups is 2. The maximum absolute atomic E-state index is 12.3. The van der Waals surface area contributed by atoms with E-state index in [1.54, 1.807) is 38.3 Å². The van der Waals surface area contributed by atoms with Gasteiger partial charge in [0.05, 0.1) is 26.4 Å². The molecule has 0 radical (unpaired) electrons. The summed E-state index contributed by atoms with van der Waals surface area (Å²) in [7, 11) is 1.58. The first-order valence-corrected chi connectivity index (χ1v) is 11.7. The molecule has 0 aliphatic rings. The van der Waals surface area contributed by atoms with Crippen molar-refractivity contribution in [2.45, 2.75) is 32.9 Å². The van der Waals surface area contributed by atoms with Gasteiger partial charge >= 0.3 is 0 Å². The van der Waals surface area contributed by atoms with Crippen molar-refractivity contribution >= 4 is 18.0 Å². The first-order valence-electron chi connectivity index (χ1n) is 11.7. The first-order chi connectivity index (χ1) is 17.5. The molecule has 3 rings (SSSR count). The Bertz CT molecular complexity index is 1160. The molecule has 0 fully saturated rings. The highest BCUT2D eigenvalue weighted by molar-refractivity contribution is 5.89. The Morgan fingerprint density at radius 1 is 0.944 bits per heavy atom. The molecule has 0 aliphatic carbocycles. The minimum Gasteiger partial charge on any atom is -0.497 e. The largest absolute Gasteiger partial charge is 0.497 e. The van der Waals surface area contributed by atoms with Crippen LogP contribution < -0.4 is 25.0 Å². The van der Waals surface area contributed by atoms with E-state index >= 15 is 0 Å². The number of methoxy groups -OCH3 is 1. The molecule has 8 heteroatoms. The molecule has 0 spiro atoms. The van der Waals surface area contributed by atoms with E-state index in [0.717, 1.165) is 16.7 Å². The summed E-state index contributed by atoms with van der Waals surface area (Å²) in [5, 5.41) is 6.68. The van der Waals surface area contributed by atoms with E-state index in [2.05, 4.69) is 15.8 Å². The number of hydrogen-bond donors (Lipinski definition) is 2. The number of rotatable bonds is 12. The zero-order valence-electron chi connectivity index (χ0n) is 20.7. The van der Waals surface area contributed by atoms with Gasteiger partial charge in [0.25, 0.3) is 5.91 Å². The zero-order valence-corrected chi connectivity index (χ0v) is 20.7. The maximum atomic E-state index is 12.3. The smallest absolute Gasteiger partial charge is 0.262 e. The van der Waals surface area contributed by atoms with Gasteiger partial charge in [-0.3, -0.25) is 9.59 Å². The lowest BCUT2D eigenvalue weighted by atomic mass is 10.1. The Labute approximate surface area is 211 Å². The highest BCUT2D eigenvalue weighted by Gasteiger charge is 2.15. The Balaban J connectivity index is 1.51. The van der Waals surface area contributed by atoms with Crippen LogP contribution in [0.2, 0.25) is 0 Å². The minimum atomic E-state index is -0.749. The summed E-state index contributed by atoms with van der Waals surface area (Å²) in [6.07, 6.45) is 1.66. The maximum Gasteiger partial charge on any atom is 0.262 e. The molecule has 0 aromatic heterocycles. The van der Waals surface area contributed by atoms with Gasteiger partial charge in [0.2, 0.25) is 5.91 Å². The van der Waals surface area contributed by atoms with Gasteiger partial charge < -0.3 is 19.5 Å². The highest BCUT2D eigenvalue weighted by Crippen LogP contribution is 2.28. The van der Waals surface area contributed by atoms with Gasteiger partial charge in [-0.1, -0.05) is 42.5 Å². The second-order valence-corrected chi connectivity index (χ2v) is 7.96. The average Bonchev–Trinajstić information content (AvgIpc) is 2.89. The van der Waals surface area contributed by atoms with Crippen LogP contribution in [0.1, 0.15) is 30.5 Å². The van der Waals surface area contributed by atoms with Crippen LogP contribution in [-0.2, 0) is 22.6 Å². The Kier molecular flexibility index (Phi) is 9.88. The first kappa shape index (κ1) is 26.3. The predicted molar refractivity (Wildman–Crippen MR) is 138 cm³/mol. The van der Waals surface area contributed by atoms with Crippen molar-refractivity contribution in [3.63, 3.8) is 0 Å². The van der Waals surface area contributed by atoms with Crippen LogP contribution in [-0.4, -0.2) is 37.8 Å². The number of nitrogens with one attached hydrogen (secondary N) is 2. The lowest BCUT2D eigenvalue weighted by Gasteiger charge is -2.13. The van der Waals surface area contributed by atoms with Crippen LogP contribution >= 0.6 is 0 Å². The third-order valence-corrected chi connectivity index (χ3v) is 5.19. The number of amides is 2. The van der Waals surface area contributed by atoms with E-state index in [-0.39, 0.29) is 12.3 Å². The molecule has 2 amide bonds. The van der Waals surface area contributed by atoms with Gasteiger partial charge in [-0.15, -0.1) is 0 Å². The van der Waals surface area contributed by atoms with Crippen molar-refractivity contribution in [2.75, 3.05) is 13.7 Å². The number of hydrazone groups is 1. The lowest BCUT2D eigenvalue weighted by molar-refractivity contribution is -0.128.